The molecule has 0 amide bonds. The Morgan fingerprint density at radius 1 is 0.821 bits per heavy atom. The first-order valence-electron chi connectivity index (χ1n) is 11.3. The maximum atomic E-state index is 11.7. The van der Waals surface area contributed by atoms with E-state index in [2.05, 4.69) is 6.92 Å². The van der Waals surface area contributed by atoms with Gasteiger partial charge in [0.1, 0.15) is 12.4 Å². The van der Waals surface area contributed by atoms with E-state index in [0.717, 1.165) is 18.4 Å². The van der Waals surface area contributed by atoms with Crippen molar-refractivity contribution in [1.82, 2.24) is 0 Å². The van der Waals surface area contributed by atoms with Gasteiger partial charge in [-0.2, -0.15) is 0 Å². The first-order chi connectivity index (χ1) is 13.7. The number of hydrogen-bond donors (Lipinski definition) is 1. The Balaban J connectivity index is 1.85. The lowest BCUT2D eigenvalue weighted by Crippen LogP contribution is -2.03. The molecule has 0 fully saturated rings. The molecule has 0 bridgehead atoms. The van der Waals surface area contributed by atoms with E-state index in [1.807, 2.05) is 24.3 Å². The van der Waals surface area contributed by atoms with Crippen LogP contribution >= 0.6 is 0 Å². The summed E-state index contributed by atoms with van der Waals surface area (Å²) in [7, 11) is 0. The van der Waals surface area contributed by atoms with Gasteiger partial charge in [0, 0.05) is 6.42 Å². The number of carbonyl (C=O) groups is 1. The lowest BCUT2D eigenvalue weighted by Gasteiger charge is -2.04. The molecule has 0 aliphatic heterocycles. The minimum Gasteiger partial charge on any atom is -0.508 e. The van der Waals surface area contributed by atoms with Gasteiger partial charge in [0.05, 0.1) is 0 Å². The highest BCUT2D eigenvalue weighted by Crippen LogP contribution is 2.13. The van der Waals surface area contributed by atoms with Crippen LogP contribution in [0.15, 0.2) is 30.3 Å². The van der Waals surface area contributed by atoms with Gasteiger partial charge in [-0.25, -0.2) is 0 Å². The van der Waals surface area contributed by atoms with E-state index in [4.69, 9.17) is 4.74 Å². The highest BCUT2D eigenvalue weighted by molar-refractivity contribution is 5.69. The van der Waals surface area contributed by atoms with Crippen molar-refractivity contribution in [3.63, 3.8) is 0 Å². The number of phenols is 1. The monoisotopic (exact) mass is 388 g/mol. The molecule has 0 aliphatic carbocycles. The third-order valence-electron chi connectivity index (χ3n) is 5.03. The van der Waals surface area contributed by atoms with Gasteiger partial charge >= 0.3 is 5.97 Å². The highest BCUT2D eigenvalue weighted by atomic mass is 16.5. The van der Waals surface area contributed by atoms with Crippen molar-refractivity contribution in [3.05, 3.63) is 35.9 Å². The lowest BCUT2D eigenvalue weighted by molar-refractivity contribution is -0.142. The molecule has 0 atom stereocenters. The lowest BCUT2D eigenvalue weighted by atomic mass is 10.0. The van der Waals surface area contributed by atoms with Crippen LogP contribution in [0, 0.1) is 0 Å². The van der Waals surface area contributed by atoms with Crippen molar-refractivity contribution < 1.29 is 14.6 Å². The van der Waals surface area contributed by atoms with Gasteiger partial charge in [0.2, 0.25) is 0 Å². The van der Waals surface area contributed by atoms with Crippen molar-refractivity contribution in [1.29, 1.82) is 0 Å². The van der Waals surface area contributed by atoms with E-state index in [-0.39, 0.29) is 11.7 Å². The molecule has 0 saturated carbocycles. The molecule has 0 spiro atoms. The molecule has 28 heavy (non-hydrogen) atoms. The van der Waals surface area contributed by atoms with E-state index < -0.39 is 0 Å². The molecule has 0 saturated heterocycles. The summed E-state index contributed by atoms with van der Waals surface area (Å²) in [6.45, 7) is 2.57. The quantitative estimate of drug-likeness (QED) is 0.223. The molecule has 3 heteroatoms. The molecular formula is C25H40O3. The first-order valence-corrected chi connectivity index (χ1v) is 11.3. The van der Waals surface area contributed by atoms with Gasteiger partial charge in [0.25, 0.3) is 0 Å². The van der Waals surface area contributed by atoms with Crippen molar-refractivity contribution in [2.75, 3.05) is 6.61 Å². The van der Waals surface area contributed by atoms with Crippen LogP contribution in [0.3, 0.4) is 0 Å². The van der Waals surface area contributed by atoms with Crippen LogP contribution in [0.4, 0.5) is 0 Å². The average molecular weight is 389 g/mol. The van der Waals surface area contributed by atoms with Crippen LogP contribution in [-0.4, -0.2) is 17.7 Å². The number of esters is 1. The molecule has 1 aromatic rings. The smallest absolute Gasteiger partial charge is 0.306 e. The topological polar surface area (TPSA) is 46.5 Å². The van der Waals surface area contributed by atoms with E-state index in [9.17, 15) is 9.90 Å². The minimum absolute atomic E-state index is 0.113. The zero-order valence-electron chi connectivity index (χ0n) is 17.8. The summed E-state index contributed by atoms with van der Waals surface area (Å²) in [4.78, 5) is 11.7. The molecule has 1 N–H and O–H groups in total. The number of phenolic OH excluding ortho intramolecular Hbond substituents is 1. The zero-order valence-corrected chi connectivity index (χ0v) is 17.8. The summed E-state index contributed by atoms with van der Waals surface area (Å²) in [5.74, 6) is 0.139. The summed E-state index contributed by atoms with van der Waals surface area (Å²) >= 11 is 0. The number of carbonyl (C=O) groups excluding carboxylic acids is 1. The molecule has 1 rings (SSSR count). The van der Waals surface area contributed by atoms with Gasteiger partial charge in [-0.3, -0.25) is 4.79 Å². The largest absolute Gasteiger partial charge is 0.508 e. The normalized spacial score (nSPS) is 11.2. The minimum atomic E-state index is -0.113. The summed E-state index contributed by atoms with van der Waals surface area (Å²) in [5, 5.41) is 9.23. The fourth-order valence-corrected chi connectivity index (χ4v) is 3.27. The SMILES string of the molecule is CCCCCCCCCCCCCCCC(=O)OCC=Cc1ccc(O)cc1. The maximum absolute atomic E-state index is 11.7. The fraction of sp³-hybridized carbons (Fsp3) is 0.640. The van der Waals surface area contributed by atoms with E-state index in [1.54, 1.807) is 12.1 Å². The second-order valence-corrected chi connectivity index (χ2v) is 7.67. The Hall–Kier alpha value is -1.77. The summed E-state index contributed by atoms with van der Waals surface area (Å²) < 4.78 is 5.22. The van der Waals surface area contributed by atoms with E-state index in [0.29, 0.717) is 13.0 Å². The van der Waals surface area contributed by atoms with Crippen LogP contribution in [0.2, 0.25) is 0 Å². The Labute approximate surface area is 172 Å². The average Bonchev–Trinajstić information content (AvgIpc) is 2.70. The van der Waals surface area contributed by atoms with Crippen molar-refractivity contribution in [2.45, 2.75) is 96.8 Å². The molecule has 0 aliphatic rings. The predicted octanol–water partition coefficient (Wildman–Crippen LogP) is 7.43. The Kier molecular flexibility index (Phi) is 15.0. The predicted molar refractivity (Wildman–Crippen MR) is 118 cm³/mol. The Morgan fingerprint density at radius 3 is 1.86 bits per heavy atom. The van der Waals surface area contributed by atoms with E-state index >= 15 is 0 Å². The highest BCUT2D eigenvalue weighted by Gasteiger charge is 2.01. The number of rotatable bonds is 17. The Morgan fingerprint density at radius 2 is 1.32 bits per heavy atom. The molecule has 0 unspecified atom stereocenters. The van der Waals surface area contributed by atoms with Crippen molar-refractivity contribution >= 4 is 12.0 Å². The first kappa shape index (κ1) is 24.3. The van der Waals surface area contributed by atoms with Crippen LogP contribution in [0.1, 0.15) is 102 Å². The van der Waals surface area contributed by atoms with Gasteiger partial charge in [-0.15, -0.1) is 0 Å². The summed E-state index contributed by atoms with van der Waals surface area (Å²) in [5.41, 5.74) is 0.977. The zero-order chi connectivity index (χ0) is 20.3. The molecule has 0 aromatic heterocycles. The molecule has 0 radical (unpaired) electrons. The second-order valence-electron chi connectivity index (χ2n) is 7.67. The van der Waals surface area contributed by atoms with Gasteiger partial charge < -0.3 is 9.84 Å². The Bertz CT molecular complexity index is 519. The number of ether oxygens (including phenoxy) is 1. The van der Waals surface area contributed by atoms with Crippen molar-refractivity contribution in [2.24, 2.45) is 0 Å². The summed E-state index contributed by atoms with van der Waals surface area (Å²) in [6.07, 6.45) is 21.2. The van der Waals surface area contributed by atoms with Gasteiger partial charge in [-0.05, 0) is 30.2 Å². The molecule has 0 heterocycles. The molecular weight excluding hydrogens is 348 g/mol. The van der Waals surface area contributed by atoms with Crippen LogP contribution in [0.5, 0.6) is 5.75 Å². The summed E-state index contributed by atoms with van der Waals surface area (Å²) in [6, 6.07) is 6.92. The van der Waals surface area contributed by atoms with Crippen LogP contribution in [0.25, 0.3) is 6.08 Å². The van der Waals surface area contributed by atoms with Crippen LogP contribution < -0.4 is 0 Å². The second kappa shape index (κ2) is 17.3. The van der Waals surface area contributed by atoms with E-state index in [1.165, 1.54) is 70.6 Å². The molecule has 158 valence electrons. The third-order valence-corrected chi connectivity index (χ3v) is 5.03. The standard InChI is InChI=1S/C25H40O3/c1-2-3-4-5-6-7-8-9-10-11-12-13-14-17-25(27)28-22-15-16-23-18-20-24(26)21-19-23/h15-16,18-21,26H,2-14,17,22H2,1H3. The number of benzene rings is 1. The maximum Gasteiger partial charge on any atom is 0.306 e. The molecule has 1 aromatic carbocycles. The van der Waals surface area contributed by atoms with Crippen LogP contribution in [-0.2, 0) is 9.53 Å². The number of unbranched alkanes of at least 4 members (excludes halogenated alkanes) is 12. The van der Waals surface area contributed by atoms with Gasteiger partial charge in [0.15, 0.2) is 0 Å². The molecule has 3 nitrogen and oxygen atoms in total. The van der Waals surface area contributed by atoms with Crippen molar-refractivity contribution in [3.8, 4) is 5.75 Å². The number of hydrogen-bond acceptors (Lipinski definition) is 3. The number of aromatic hydroxyl groups is 1. The third kappa shape index (κ3) is 14.3. The van der Waals surface area contributed by atoms with Gasteiger partial charge in [-0.1, -0.05) is 102 Å². The fourth-order valence-electron chi connectivity index (χ4n) is 3.27.